The lowest BCUT2D eigenvalue weighted by Crippen LogP contribution is -2.48. The van der Waals surface area contributed by atoms with Gasteiger partial charge in [-0.1, -0.05) is 29.8 Å². The van der Waals surface area contributed by atoms with Crippen LogP contribution >= 0.6 is 0 Å². The summed E-state index contributed by atoms with van der Waals surface area (Å²) in [5, 5.41) is 0. The lowest BCUT2D eigenvalue weighted by atomic mass is 9.89. The van der Waals surface area contributed by atoms with Crippen molar-refractivity contribution in [3.05, 3.63) is 95.1 Å². The van der Waals surface area contributed by atoms with Crippen LogP contribution in [0.2, 0.25) is 0 Å². The van der Waals surface area contributed by atoms with Gasteiger partial charge >= 0.3 is 0 Å². The SMILES string of the molecule is COc1ccc(N2CCN(C(=O)c3cccc(C4CCCN(C(=O)c5ccc(C)cc5)C4)c3)CC2)cc1. The number of nitrogens with zero attached hydrogens (tertiary/aromatic N) is 3. The van der Waals surface area contributed by atoms with Crippen LogP contribution in [0.15, 0.2) is 72.8 Å². The van der Waals surface area contributed by atoms with Gasteiger partial charge in [-0.2, -0.15) is 0 Å². The first kappa shape index (κ1) is 24.9. The molecule has 2 saturated heterocycles. The molecule has 2 heterocycles. The third-order valence-electron chi connectivity index (χ3n) is 7.62. The molecule has 0 radical (unpaired) electrons. The van der Waals surface area contributed by atoms with Crippen LogP contribution in [-0.4, -0.2) is 68.0 Å². The van der Waals surface area contributed by atoms with Crippen LogP contribution in [0.5, 0.6) is 5.75 Å². The zero-order chi connectivity index (χ0) is 25.8. The number of carbonyl (C=O) groups excluding carboxylic acids is 2. The molecule has 1 atom stereocenters. The number of hydrogen-bond acceptors (Lipinski definition) is 4. The number of carbonyl (C=O) groups is 2. The number of rotatable bonds is 5. The van der Waals surface area contributed by atoms with Crippen molar-refractivity contribution in [2.45, 2.75) is 25.7 Å². The Morgan fingerprint density at radius 1 is 0.784 bits per heavy atom. The molecule has 0 aromatic heterocycles. The smallest absolute Gasteiger partial charge is 0.253 e. The number of benzene rings is 3. The second-order valence-electron chi connectivity index (χ2n) is 10.1. The van der Waals surface area contributed by atoms with E-state index in [0.29, 0.717) is 19.6 Å². The Bertz CT molecular complexity index is 1230. The average molecular weight is 498 g/mol. The first-order valence-corrected chi connectivity index (χ1v) is 13.2. The molecule has 0 spiro atoms. The summed E-state index contributed by atoms with van der Waals surface area (Å²) in [5.41, 5.74) is 4.92. The molecule has 3 aromatic carbocycles. The number of piperidine rings is 1. The van der Waals surface area contributed by atoms with Gasteiger partial charge < -0.3 is 19.4 Å². The Labute approximate surface area is 219 Å². The van der Waals surface area contributed by atoms with Gasteiger partial charge in [0.15, 0.2) is 0 Å². The normalized spacial score (nSPS) is 18.0. The molecule has 5 rings (SSSR count). The highest BCUT2D eigenvalue weighted by molar-refractivity contribution is 5.95. The van der Waals surface area contributed by atoms with Crippen LogP contribution in [0.4, 0.5) is 5.69 Å². The highest BCUT2D eigenvalue weighted by Crippen LogP contribution is 2.29. The minimum Gasteiger partial charge on any atom is -0.497 e. The topological polar surface area (TPSA) is 53.1 Å². The summed E-state index contributed by atoms with van der Waals surface area (Å²) in [4.78, 5) is 32.7. The molecule has 37 heavy (non-hydrogen) atoms. The van der Waals surface area contributed by atoms with Crippen molar-refractivity contribution in [3.8, 4) is 5.75 Å². The summed E-state index contributed by atoms with van der Waals surface area (Å²) >= 11 is 0. The van der Waals surface area contributed by atoms with E-state index in [1.54, 1.807) is 7.11 Å². The maximum absolute atomic E-state index is 13.4. The molecular weight excluding hydrogens is 462 g/mol. The number of amides is 2. The summed E-state index contributed by atoms with van der Waals surface area (Å²) < 4.78 is 5.26. The Balaban J connectivity index is 1.21. The van der Waals surface area contributed by atoms with Crippen LogP contribution < -0.4 is 9.64 Å². The number of aryl methyl sites for hydroxylation is 1. The van der Waals surface area contributed by atoms with Crippen LogP contribution in [-0.2, 0) is 0 Å². The fourth-order valence-corrected chi connectivity index (χ4v) is 5.38. The second-order valence-corrected chi connectivity index (χ2v) is 10.1. The fraction of sp³-hybridized carbons (Fsp3) is 0.355. The highest BCUT2D eigenvalue weighted by Gasteiger charge is 2.27. The third kappa shape index (κ3) is 5.63. The summed E-state index contributed by atoms with van der Waals surface area (Å²) in [6.07, 6.45) is 1.99. The van der Waals surface area contributed by atoms with Crippen molar-refractivity contribution in [2.24, 2.45) is 0 Å². The Hall–Kier alpha value is -3.80. The lowest BCUT2D eigenvalue weighted by Gasteiger charge is -2.36. The van der Waals surface area contributed by atoms with Crippen molar-refractivity contribution in [2.75, 3.05) is 51.3 Å². The van der Waals surface area contributed by atoms with E-state index in [-0.39, 0.29) is 17.7 Å². The van der Waals surface area contributed by atoms with Crippen molar-refractivity contribution < 1.29 is 14.3 Å². The monoisotopic (exact) mass is 497 g/mol. The van der Waals surface area contributed by atoms with E-state index in [9.17, 15) is 9.59 Å². The second kappa shape index (κ2) is 11.1. The van der Waals surface area contributed by atoms with Gasteiger partial charge in [-0.05, 0) is 73.9 Å². The van der Waals surface area contributed by atoms with Gasteiger partial charge in [0.1, 0.15) is 5.75 Å². The van der Waals surface area contributed by atoms with Crippen molar-refractivity contribution in [3.63, 3.8) is 0 Å². The van der Waals surface area contributed by atoms with E-state index in [1.807, 2.05) is 71.3 Å². The number of hydrogen-bond donors (Lipinski definition) is 0. The first-order valence-electron chi connectivity index (χ1n) is 13.2. The molecule has 1 unspecified atom stereocenters. The van der Waals surface area contributed by atoms with Gasteiger partial charge in [0.2, 0.25) is 0 Å². The Morgan fingerprint density at radius 3 is 2.19 bits per heavy atom. The zero-order valence-corrected chi connectivity index (χ0v) is 21.7. The van der Waals surface area contributed by atoms with Gasteiger partial charge in [-0.25, -0.2) is 0 Å². The number of piperazine rings is 1. The van der Waals surface area contributed by atoms with E-state index < -0.39 is 0 Å². The minimum atomic E-state index is 0.0830. The van der Waals surface area contributed by atoms with Crippen LogP contribution in [0, 0.1) is 6.92 Å². The summed E-state index contributed by atoms with van der Waals surface area (Å²) in [6.45, 7) is 6.48. The molecule has 192 valence electrons. The summed E-state index contributed by atoms with van der Waals surface area (Å²) in [5.74, 6) is 1.26. The molecule has 2 aliphatic rings. The molecule has 0 aliphatic carbocycles. The fourth-order valence-electron chi connectivity index (χ4n) is 5.38. The lowest BCUT2D eigenvalue weighted by molar-refractivity contribution is 0.0704. The molecule has 2 fully saturated rings. The summed E-state index contributed by atoms with van der Waals surface area (Å²) in [7, 11) is 1.67. The molecule has 0 bridgehead atoms. The van der Waals surface area contributed by atoms with E-state index in [0.717, 1.165) is 66.2 Å². The largest absolute Gasteiger partial charge is 0.497 e. The third-order valence-corrected chi connectivity index (χ3v) is 7.62. The standard InChI is InChI=1S/C31H35N3O3/c1-23-8-10-24(11-9-23)30(35)34-16-4-7-27(22-34)25-5-3-6-26(21-25)31(36)33-19-17-32(18-20-33)28-12-14-29(37-2)15-13-28/h3,5-6,8-15,21,27H,4,7,16-20,22H2,1-2H3. The Morgan fingerprint density at radius 2 is 1.49 bits per heavy atom. The Kier molecular flexibility index (Phi) is 7.45. The van der Waals surface area contributed by atoms with Gasteiger partial charge in [-0.15, -0.1) is 0 Å². The quantitative estimate of drug-likeness (QED) is 0.499. The van der Waals surface area contributed by atoms with Crippen LogP contribution in [0.1, 0.15) is 50.6 Å². The molecule has 6 nitrogen and oxygen atoms in total. The number of likely N-dealkylation sites (tertiary alicyclic amines) is 1. The van der Waals surface area contributed by atoms with E-state index in [1.165, 1.54) is 0 Å². The molecule has 2 aliphatic heterocycles. The van der Waals surface area contributed by atoms with E-state index in [2.05, 4.69) is 23.1 Å². The molecule has 0 saturated carbocycles. The maximum atomic E-state index is 13.4. The van der Waals surface area contributed by atoms with Crippen molar-refractivity contribution in [1.82, 2.24) is 9.80 Å². The van der Waals surface area contributed by atoms with Gasteiger partial charge in [0.25, 0.3) is 11.8 Å². The molecule has 0 N–H and O–H groups in total. The predicted molar refractivity (Wildman–Crippen MR) is 147 cm³/mol. The van der Waals surface area contributed by atoms with Gasteiger partial charge in [0.05, 0.1) is 7.11 Å². The molecule has 6 heteroatoms. The molecular formula is C31H35N3O3. The number of ether oxygens (including phenoxy) is 1. The van der Waals surface area contributed by atoms with E-state index in [4.69, 9.17) is 4.74 Å². The average Bonchev–Trinajstić information content (AvgIpc) is 2.97. The van der Waals surface area contributed by atoms with Crippen molar-refractivity contribution >= 4 is 17.5 Å². The highest BCUT2D eigenvalue weighted by atomic mass is 16.5. The van der Waals surface area contributed by atoms with Gasteiger partial charge in [-0.3, -0.25) is 9.59 Å². The number of anilines is 1. The zero-order valence-electron chi connectivity index (χ0n) is 21.7. The first-order chi connectivity index (χ1) is 18.0. The minimum absolute atomic E-state index is 0.0830. The predicted octanol–water partition coefficient (Wildman–Crippen LogP) is 4.99. The van der Waals surface area contributed by atoms with Crippen LogP contribution in [0.25, 0.3) is 0 Å². The molecule has 2 amide bonds. The van der Waals surface area contributed by atoms with Gasteiger partial charge in [0, 0.05) is 62.0 Å². The maximum Gasteiger partial charge on any atom is 0.253 e. The molecule has 3 aromatic rings. The number of methoxy groups -OCH3 is 1. The summed E-state index contributed by atoms with van der Waals surface area (Å²) in [6, 6.07) is 23.9. The van der Waals surface area contributed by atoms with Crippen molar-refractivity contribution in [1.29, 1.82) is 0 Å². The van der Waals surface area contributed by atoms with E-state index >= 15 is 0 Å². The van der Waals surface area contributed by atoms with Crippen LogP contribution in [0.3, 0.4) is 0 Å².